The maximum absolute atomic E-state index is 10.7. The van der Waals surface area contributed by atoms with Crippen molar-refractivity contribution in [3.8, 4) is 0 Å². The molecule has 7 heteroatoms. The Morgan fingerprint density at radius 1 is 1.65 bits per heavy atom. The van der Waals surface area contributed by atoms with Gasteiger partial charge in [-0.25, -0.2) is 4.79 Å². The van der Waals surface area contributed by atoms with Crippen LogP contribution in [0, 0.1) is 5.92 Å². The number of carboxylic acid groups (broad SMARTS) is 1. The van der Waals surface area contributed by atoms with E-state index in [2.05, 4.69) is 22.6 Å². The van der Waals surface area contributed by atoms with Crippen LogP contribution in [0.5, 0.6) is 0 Å². The molecule has 0 amide bonds. The molecular formula is C13H22N4O3. The summed E-state index contributed by atoms with van der Waals surface area (Å²) in [4.78, 5) is 10.7. The monoisotopic (exact) mass is 282 g/mol. The van der Waals surface area contributed by atoms with Crippen LogP contribution in [-0.2, 0) is 6.54 Å². The second-order valence-electron chi connectivity index (χ2n) is 5.77. The van der Waals surface area contributed by atoms with Crippen LogP contribution in [-0.4, -0.2) is 49.9 Å². The molecule has 1 heterocycles. The molecule has 3 N–H and O–H groups in total. The second-order valence-corrected chi connectivity index (χ2v) is 5.77. The second kappa shape index (κ2) is 6.32. The third-order valence-corrected chi connectivity index (χ3v) is 3.80. The normalized spacial score (nSPS) is 26.6. The lowest BCUT2D eigenvalue weighted by Crippen LogP contribution is -2.44. The van der Waals surface area contributed by atoms with Crippen LogP contribution in [0.1, 0.15) is 43.1 Å². The van der Waals surface area contributed by atoms with Gasteiger partial charge in [0.05, 0.1) is 18.3 Å². The van der Waals surface area contributed by atoms with Crippen LogP contribution in [0.25, 0.3) is 0 Å². The fraction of sp³-hybridized carbons (Fsp3) is 0.769. The maximum Gasteiger partial charge on any atom is 0.358 e. The maximum atomic E-state index is 10.7. The molecule has 1 fully saturated rings. The third kappa shape index (κ3) is 4.01. The summed E-state index contributed by atoms with van der Waals surface area (Å²) < 4.78 is 1.49. The van der Waals surface area contributed by atoms with E-state index in [1.165, 1.54) is 17.3 Å². The highest BCUT2D eigenvalue weighted by atomic mass is 16.4. The molecule has 1 aliphatic rings. The molecule has 20 heavy (non-hydrogen) atoms. The number of nitrogens with zero attached hydrogens (tertiary/aromatic N) is 3. The summed E-state index contributed by atoms with van der Waals surface area (Å²) in [5.74, 6) is -0.501. The molecule has 112 valence electrons. The highest BCUT2D eigenvalue weighted by molar-refractivity contribution is 5.84. The molecule has 2 unspecified atom stereocenters. The van der Waals surface area contributed by atoms with Crippen molar-refractivity contribution >= 4 is 5.97 Å². The molecule has 0 radical (unpaired) electrons. The summed E-state index contributed by atoms with van der Waals surface area (Å²) >= 11 is 0. The number of aromatic nitrogens is 3. The average Bonchev–Trinajstić information content (AvgIpc) is 2.83. The molecular weight excluding hydrogens is 260 g/mol. The Hall–Kier alpha value is -1.47. The Kier molecular flexibility index (Phi) is 4.72. The molecule has 1 saturated carbocycles. The van der Waals surface area contributed by atoms with E-state index in [1.807, 2.05) is 0 Å². The Morgan fingerprint density at radius 2 is 2.45 bits per heavy atom. The minimum atomic E-state index is -1.07. The lowest BCUT2D eigenvalue weighted by Gasteiger charge is -2.35. The molecule has 0 spiro atoms. The summed E-state index contributed by atoms with van der Waals surface area (Å²) in [6.07, 6.45) is 5.36. The van der Waals surface area contributed by atoms with E-state index < -0.39 is 11.6 Å². The van der Waals surface area contributed by atoms with E-state index in [0.29, 0.717) is 25.6 Å². The predicted octanol–water partition coefficient (Wildman–Crippen LogP) is 0.507. The van der Waals surface area contributed by atoms with Gasteiger partial charge < -0.3 is 15.5 Å². The topological polar surface area (TPSA) is 100 Å². The van der Waals surface area contributed by atoms with Crippen LogP contribution in [0.4, 0.5) is 0 Å². The molecule has 1 aliphatic carbocycles. The predicted molar refractivity (Wildman–Crippen MR) is 72.4 cm³/mol. The molecule has 7 nitrogen and oxygen atoms in total. The quantitative estimate of drug-likeness (QED) is 0.657. The molecule has 2 rings (SSSR count). The van der Waals surface area contributed by atoms with Crippen LogP contribution < -0.4 is 5.32 Å². The molecule has 0 saturated heterocycles. The van der Waals surface area contributed by atoms with E-state index in [1.54, 1.807) is 0 Å². The zero-order valence-electron chi connectivity index (χ0n) is 11.7. The van der Waals surface area contributed by atoms with Gasteiger partial charge in [-0.2, -0.15) is 0 Å². The first-order chi connectivity index (χ1) is 9.48. The Morgan fingerprint density at radius 3 is 3.10 bits per heavy atom. The van der Waals surface area contributed by atoms with Crippen molar-refractivity contribution in [3.63, 3.8) is 0 Å². The van der Waals surface area contributed by atoms with Crippen molar-refractivity contribution in [1.82, 2.24) is 20.3 Å². The summed E-state index contributed by atoms with van der Waals surface area (Å²) in [5.41, 5.74) is -0.656. The molecule has 0 aromatic carbocycles. The van der Waals surface area contributed by atoms with Gasteiger partial charge in [-0.3, -0.25) is 4.68 Å². The largest absolute Gasteiger partial charge is 0.476 e. The van der Waals surface area contributed by atoms with Crippen molar-refractivity contribution in [1.29, 1.82) is 0 Å². The van der Waals surface area contributed by atoms with Crippen LogP contribution in [0.15, 0.2) is 6.20 Å². The zero-order valence-corrected chi connectivity index (χ0v) is 11.7. The van der Waals surface area contributed by atoms with E-state index in [-0.39, 0.29) is 5.69 Å². The summed E-state index contributed by atoms with van der Waals surface area (Å²) in [6.45, 7) is 3.90. The first kappa shape index (κ1) is 14.9. The lowest BCUT2D eigenvalue weighted by atomic mass is 9.79. The Labute approximate surface area is 118 Å². The van der Waals surface area contributed by atoms with Gasteiger partial charge in [-0.15, -0.1) is 5.10 Å². The van der Waals surface area contributed by atoms with Gasteiger partial charge in [0.2, 0.25) is 0 Å². The van der Waals surface area contributed by atoms with E-state index >= 15 is 0 Å². The lowest BCUT2D eigenvalue weighted by molar-refractivity contribution is -0.0117. The van der Waals surface area contributed by atoms with Crippen molar-refractivity contribution in [3.05, 3.63) is 11.9 Å². The first-order valence-electron chi connectivity index (χ1n) is 7.05. The van der Waals surface area contributed by atoms with E-state index in [9.17, 15) is 9.90 Å². The summed E-state index contributed by atoms with van der Waals surface area (Å²) in [7, 11) is 0. The first-order valence-corrected chi connectivity index (χ1v) is 7.05. The van der Waals surface area contributed by atoms with Gasteiger partial charge in [0.15, 0.2) is 5.69 Å². The number of carbonyl (C=O) groups is 1. The van der Waals surface area contributed by atoms with Gasteiger partial charge in [0.1, 0.15) is 0 Å². The number of nitrogens with one attached hydrogen (secondary N) is 1. The van der Waals surface area contributed by atoms with Crippen LogP contribution in [0.2, 0.25) is 0 Å². The number of aliphatic hydroxyl groups is 1. The van der Waals surface area contributed by atoms with Gasteiger partial charge in [0, 0.05) is 13.1 Å². The van der Waals surface area contributed by atoms with Crippen molar-refractivity contribution < 1.29 is 15.0 Å². The summed E-state index contributed by atoms with van der Waals surface area (Å²) in [6, 6.07) is 0. The van der Waals surface area contributed by atoms with Crippen LogP contribution >= 0.6 is 0 Å². The van der Waals surface area contributed by atoms with Crippen molar-refractivity contribution in [2.75, 3.05) is 13.1 Å². The van der Waals surface area contributed by atoms with Gasteiger partial charge in [0.25, 0.3) is 0 Å². The number of hydrogen-bond acceptors (Lipinski definition) is 5. The molecule has 2 atom stereocenters. The zero-order chi connectivity index (χ0) is 14.6. The SMILES string of the molecule is CC1CCCC(O)(CNCCn2cc(C(=O)O)nn2)C1. The average molecular weight is 282 g/mol. The number of carboxylic acids is 1. The fourth-order valence-corrected chi connectivity index (χ4v) is 2.81. The van der Waals surface area contributed by atoms with E-state index in [0.717, 1.165) is 19.3 Å². The number of aromatic carboxylic acids is 1. The molecule has 0 bridgehead atoms. The van der Waals surface area contributed by atoms with Gasteiger partial charge >= 0.3 is 5.97 Å². The molecule has 0 aliphatic heterocycles. The van der Waals surface area contributed by atoms with E-state index in [4.69, 9.17) is 5.11 Å². The fourth-order valence-electron chi connectivity index (χ4n) is 2.81. The highest BCUT2D eigenvalue weighted by Gasteiger charge is 2.31. The number of hydrogen-bond donors (Lipinski definition) is 3. The molecule has 1 aromatic rings. The van der Waals surface area contributed by atoms with Crippen molar-refractivity contribution in [2.45, 2.75) is 44.8 Å². The smallest absolute Gasteiger partial charge is 0.358 e. The van der Waals surface area contributed by atoms with Crippen LogP contribution in [0.3, 0.4) is 0 Å². The minimum Gasteiger partial charge on any atom is -0.476 e. The Balaban J connectivity index is 1.71. The Bertz CT molecular complexity index is 462. The third-order valence-electron chi connectivity index (χ3n) is 3.80. The molecule has 1 aromatic heterocycles. The minimum absolute atomic E-state index is 0.0512. The van der Waals surface area contributed by atoms with Gasteiger partial charge in [-0.1, -0.05) is 25.0 Å². The van der Waals surface area contributed by atoms with Gasteiger partial charge in [-0.05, 0) is 18.8 Å². The van der Waals surface area contributed by atoms with Crippen molar-refractivity contribution in [2.24, 2.45) is 5.92 Å². The summed E-state index contributed by atoms with van der Waals surface area (Å²) in [5, 5.41) is 29.7. The standard InChI is InChI=1S/C13H22N4O3/c1-10-3-2-4-13(20,7-10)9-14-5-6-17-8-11(12(18)19)15-16-17/h8,10,14,20H,2-7,9H2,1H3,(H,18,19). The highest BCUT2D eigenvalue weighted by Crippen LogP contribution is 2.31. The number of rotatable bonds is 6.